The van der Waals surface area contributed by atoms with Crippen molar-refractivity contribution in [2.24, 2.45) is 31.4 Å². The van der Waals surface area contributed by atoms with E-state index in [4.69, 9.17) is 11.5 Å². The van der Waals surface area contributed by atoms with Gasteiger partial charge in [0.05, 0.1) is 37.9 Å². The monoisotopic (exact) mass is 618 g/mol. The zero-order valence-corrected chi connectivity index (χ0v) is 26.3. The second-order valence-corrected chi connectivity index (χ2v) is 10.9. The highest BCUT2D eigenvalue weighted by atomic mass is 19.1. The number of allylic oxidation sites excluding steroid dienone is 1. The third-order valence-electron chi connectivity index (χ3n) is 8.06. The normalized spacial score (nSPS) is 17.1. The fourth-order valence-corrected chi connectivity index (χ4v) is 5.63. The van der Waals surface area contributed by atoms with Crippen molar-refractivity contribution < 1.29 is 14.3 Å². The number of fused-ring (bicyclic) bond motifs is 1. The molecule has 6 N–H and O–H groups in total. The molecule has 2 aromatic rings. The Hall–Kier alpha value is -4.22. The fraction of sp³-hybridized carbons (Fsp3) is 0.441. The van der Waals surface area contributed by atoms with E-state index >= 15 is 0 Å². The van der Waals surface area contributed by atoms with Crippen LogP contribution in [0.15, 0.2) is 68.3 Å². The lowest BCUT2D eigenvalue weighted by atomic mass is 9.94. The molecule has 2 aliphatic carbocycles. The molecule has 0 unspecified atom stereocenters. The van der Waals surface area contributed by atoms with E-state index in [1.165, 1.54) is 56.7 Å². The van der Waals surface area contributed by atoms with Crippen molar-refractivity contribution in [2.75, 3.05) is 32.0 Å². The number of nitrogens with two attached hydrogens (primary N) is 2. The number of carbonyl (C=O) groups excluding carboxylic acids is 1. The van der Waals surface area contributed by atoms with Crippen molar-refractivity contribution >= 4 is 37.1 Å². The van der Waals surface area contributed by atoms with Crippen molar-refractivity contribution in [2.45, 2.75) is 69.9 Å². The molecule has 2 saturated carbocycles. The number of amidine groups is 1. The van der Waals surface area contributed by atoms with Gasteiger partial charge in [0.1, 0.15) is 6.67 Å². The molecule has 3 aliphatic rings. The molecule has 2 fully saturated rings. The standard InChI is InChI=1S/C22H24N4O2.C11H20N4.CH3F/c1-24-21(25-13-23)18-3-2-4-20(19(18)12-27)26-10-9-16-11-15(14-5-6-14)7-8-17(16)22(26)28;1-13-9-15-11(7-12)8-14-10-5-3-2-4-6-10;1-2/h2-4,7-8,11,14,27H,1,5-6,9-10,12-13,23H2;7-8,10,15H,1-6,9,12H2;1H3/b25-21-;11-7+,14-8?;. The summed E-state index contributed by atoms with van der Waals surface area (Å²) in [5, 5.41) is 13.1. The molecule has 45 heavy (non-hydrogen) atoms. The number of aliphatic hydroxyl groups is 1. The van der Waals surface area contributed by atoms with E-state index in [2.05, 4.69) is 50.9 Å². The number of nitrogens with zero attached hydrogens (tertiary/aromatic N) is 5. The first-order chi connectivity index (χ1) is 22.0. The minimum Gasteiger partial charge on any atom is -0.403 e. The first-order valence-corrected chi connectivity index (χ1v) is 15.4. The van der Waals surface area contributed by atoms with Crippen LogP contribution in [0.25, 0.3) is 0 Å². The Kier molecular flexibility index (Phi) is 14.5. The molecule has 1 amide bonds. The van der Waals surface area contributed by atoms with Gasteiger partial charge in [-0.1, -0.05) is 43.5 Å². The second-order valence-electron chi connectivity index (χ2n) is 10.9. The number of hydrogen-bond donors (Lipinski definition) is 4. The molecule has 10 nitrogen and oxygen atoms in total. The molecule has 0 aromatic heterocycles. The molecule has 0 radical (unpaired) electrons. The van der Waals surface area contributed by atoms with Gasteiger partial charge in [0, 0.05) is 35.6 Å². The molecule has 2 aromatic carbocycles. The molecule has 0 bridgehead atoms. The van der Waals surface area contributed by atoms with Crippen molar-refractivity contribution in [3.63, 3.8) is 0 Å². The van der Waals surface area contributed by atoms with Gasteiger partial charge in [0.2, 0.25) is 0 Å². The lowest BCUT2D eigenvalue weighted by Crippen LogP contribution is -2.38. The quantitative estimate of drug-likeness (QED) is 0.226. The number of alkyl halides is 1. The highest BCUT2D eigenvalue weighted by Gasteiger charge is 2.30. The number of hydrogen-bond acceptors (Lipinski definition) is 8. The maximum Gasteiger partial charge on any atom is 0.258 e. The number of nitrogens with one attached hydrogen (secondary N) is 1. The lowest BCUT2D eigenvalue weighted by molar-refractivity contribution is 0.0980. The third-order valence-corrected chi connectivity index (χ3v) is 8.06. The molecule has 1 heterocycles. The number of benzene rings is 2. The van der Waals surface area contributed by atoms with E-state index in [9.17, 15) is 14.3 Å². The smallest absolute Gasteiger partial charge is 0.258 e. The molecule has 1 aliphatic heterocycles. The molecule has 0 atom stereocenters. The summed E-state index contributed by atoms with van der Waals surface area (Å²) < 4.78 is 9.50. The van der Waals surface area contributed by atoms with Crippen LogP contribution < -0.4 is 21.7 Å². The predicted octanol–water partition coefficient (Wildman–Crippen LogP) is 4.65. The van der Waals surface area contributed by atoms with Crippen LogP contribution in [0.4, 0.5) is 10.1 Å². The Labute approximate surface area is 266 Å². The van der Waals surface area contributed by atoms with Gasteiger partial charge in [0.25, 0.3) is 5.91 Å². The summed E-state index contributed by atoms with van der Waals surface area (Å²) in [5.74, 6) is 0.995. The van der Waals surface area contributed by atoms with Crippen LogP contribution in [0, 0.1) is 0 Å². The number of aliphatic imine (C=N–C) groups is 4. The van der Waals surface area contributed by atoms with E-state index in [1.54, 1.807) is 11.1 Å². The van der Waals surface area contributed by atoms with Gasteiger partial charge in [-0.2, -0.15) is 0 Å². The third kappa shape index (κ3) is 9.63. The Bertz CT molecular complexity index is 1380. The van der Waals surface area contributed by atoms with Gasteiger partial charge >= 0.3 is 0 Å². The first-order valence-electron chi connectivity index (χ1n) is 15.4. The summed E-state index contributed by atoms with van der Waals surface area (Å²) in [6.07, 6.45) is 13.0. The zero-order chi connectivity index (χ0) is 32.6. The summed E-state index contributed by atoms with van der Waals surface area (Å²) in [5.41, 5.74) is 16.9. The zero-order valence-electron chi connectivity index (χ0n) is 26.3. The van der Waals surface area contributed by atoms with Crippen LogP contribution in [0.3, 0.4) is 0 Å². The summed E-state index contributed by atoms with van der Waals surface area (Å²) in [7, 11) is 0.500. The van der Waals surface area contributed by atoms with Gasteiger partial charge in [-0.25, -0.2) is 4.99 Å². The van der Waals surface area contributed by atoms with Crippen molar-refractivity contribution in [1.82, 2.24) is 5.32 Å². The fourth-order valence-electron chi connectivity index (χ4n) is 5.63. The van der Waals surface area contributed by atoms with E-state index in [1.807, 2.05) is 24.3 Å². The van der Waals surface area contributed by atoms with Crippen molar-refractivity contribution in [3.05, 3.63) is 76.1 Å². The number of amides is 1. The van der Waals surface area contributed by atoms with Gasteiger partial charge < -0.3 is 26.8 Å². The maximum absolute atomic E-state index is 13.2. The van der Waals surface area contributed by atoms with Gasteiger partial charge in [0.15, 0.2) is 5.84 Å². The molecule has 242 valence electrons. The summed E-state index contributed by atoms with van der Waals surface area (Å²) in [6.45, 7) is 7.82. The van der Waals surface area contributed by atoms with Gasteiger partial charge in [-0.05, 0) is 74.7 Å². The average Bonchev–Trinajstić information content (AvgIpc) is 3.95. The van der Waals surface area contributed by atoms with E-state index in [0.717, 1.165) is 23.2 Å². The minimum absolute atomic E-state index is 0.0423. The Morgan fingerprint density at radius 1 is 1.13 bits per heavy atom. The van der Waals surface area contributed by atoms with Gasteiger partial charge in [-0.15, -0.1) is 0 Å². The highest BCUT2D eigenvalue weighted by Crippen LogP contribution is 2.41. The van der Waals surface area contributed by atoms with Crippen molar-refractivity contribution in [1.29, 1.82) is 0 Å². The highest BCUT2D eigenvalue weighted by molar-refractivity contribution is 6.10. The molecule has 5 rings (SSSR count). The number of halogens is 1. The van der Waals surface area contributed by atoms with Crippen molar-refractivity contribution in [3.8, 4) is 0 Å². The maximum atomic E-state index is 13.2. The molecule has 11 heteroatoms. The molecule has 0 spiro atoms. The van der Waals surface area contributed by atoms with E-state index in [0.29, 0.717) is 55.0 Å². The SMILES string of the molecule is C=N/C(=N\CN)c1cccc(N2CCc3cc(C4CC4)ccc3C2=O)c1CO.C=NCN/C(C=NC1CCCCC1)=C/N.CF. The minimum atomic E-state index is -0.234. The lowest BCUT2D eigenvalue weighted by Gasteiger charge is -2.31. The van der Waals surface area contributed by atoms with E-state index < -0.39 is 0 Å². The predicted molar refractivity (Wildman–Crippen MR) is 184 cm³/mol. The Morgan fingerprint density at radius 2 is 1.89 bits per heavy atom. The van der Waals surface area contributed by atoms with Crippen LogP contribution >= 0.6 is 0 Å². The average molecular weight is 619 g/mol. The molecular formula is C34H47FN8O2. The Balaban J connectivity index is 0.000000276. The summed E-state index contributed by atoms with van der Waals surface area (Å²) in [4.78, 5) is 31.2. The van der Waals surface area contributed by atoms with Crippen LogP contribution in [0.5, 0.6) is 0 Å². The summed E-state index contributed by atoms with van der Waals surface area (Å²) >= 11 is 0. The summed E-state index contributed by atoms with van der Waals surface area (Å²) in [6, 6.07) is 12.2. The topological polar surface area (TPSA) is 154 Å². The second kappa shape index (κ2) is 18.6. The number of carbonyl (C=O) groups is 1. The number of aliphatic hydroxyl groups excluding tert-OH is 1. The molecule has 0 saturated heterocycles. The number of rotatable bonds is 10. The van der Waals surface area contributed by atoms with Crippen LogP contribution in [0.2, 0.25) is 0 Å². The first kappa shape index (κ1) is 35.3. The molecular weight excluding hydrogens is 571 g/mol. The Morgan fingerprint density at radius 3 is 2.51 bits per heavy atom. The number of anilines is 1. The van der Waals surface area contributed by atoms with Crippen LogP contribution in [-0.2, 0) is 13.0 Å². The van der Waals surface area contributed by atoms with E-state index in [-0.39, 0.29) is 19.2 Å². The van der Waals surface area contributed by atoms with Gasteiger partial charge in [-0.3, -0.25) is 24.2 Å². The van der Waals surface area contributed by atoms with Crippen LogP contribution in [-0.4, -0.2) is 69.6 Å². The van der Waals surface area contributed by atoms with Crippen LogP contribution in [0.1, 0.15) is 83.5 Å². The largest absolute Gasteiger partial charge is 0.403 e.